The van der Waals surface area contributed by atoms with Crippen molar-refractivity contribution in [3.8, 4) is 0 Å². The molecule has 3 rings (SSSR count). The largest absolute Gasteiger partial charge is 0.444 e. The molecule has 0 aromatic heterocycles. The molecule has 0 atom stereocenters. The van der Waals surface area contributed by atoms with E-state index < -0.39 is 5.60 Å². The second-order valence-electron chi connectivity index (χ2n) is 8.80. The maximum absolute atomic E-state index is 15.1. The molecule has 1 saturated carbocycles. The molecule has 1 aromatic carbocycles. The Balaban J connectivity index is 1.86. The standard InChI is InChI=1S/C22H29FN2O3/c1-22(2,3)28-21(27)25-10-8-15(9-11-25)19-17(14-6-7-14)12-16(13-18(19)23)20(26)24(4)5/h8,12-14H,6-7,9-11H2,1-5H3. The fourth-order valence-corrected chi connectivity index (χ4v) is 3.45. The molecule has 28 heavy (non-hydrogen) atoms. The average Bonchev–Trinajstić information content (AvgIpc) is 3.44. The smallest absolute Gasteiger partial charge is 0.410 e. The summed E-state index contributed by atoms with van der Waals surface area (Å²) in [6.07, 6.45) is 4.16. The first-order chi connectivity index (χ1) is 13.1. The number of benzene rings is 1. The van der Waals surface area contributed by atoms with Crippen LogP contribution in [0.1, 0.15) is 67.4 Å². The Hall–Kier alpha value is -2.37. The minimum absolute atomic E-state index is 0.193. The molecule has 2 aliphatic rings. The zero-order valence-corrected chi connectivity index (χ0v) is 17.3. The molecule has 0 saturated heterocycles. The van der Waals surface area contributed by atoms with Crippen LogP contribution in [0, 0.1) is 5.82 Å². The van der Waals surface area contributed by atoms with Crippen LogP contribution in [0.2, 0.25) is 0 Å². The second-order valence-corrected chi connectivity index (χ2v) is 8.80. The molecule has 0 N–H and O–H groups in total. The van der Waals surface area contributed by atoms with Gasteiger partial charge in [0.2, 0.25) is 0 Å². The molecular weight excluding hydrogens is 359 g/mol. The van der Waals surface area contributed by atoms with Crippen molar-refractivity contribution >= 4 is 17.6 Å². The predicted octanol–water partition coefficient (Wildman–Crippen LogP) is 4.43. The second kappa shape index (κ2) is 7.57. The van der Waals surface area contributed by atoms with Gasteiger partial charge in [-0.1, -0.05) is 6.08 Å². The van der Waals surface area contributed by atoms with Crippen molar-refractivity contribution in [1.82, 2.24) is 9.80 Å². The fourth-order valence-electron chi connectivity index (χ4n) is 3.45. The van der Waals surface area contributed by atoms with Gasteiger partial charge in [0.05, 0.1) is 0 Å². The van der Waals surface area contributed by atoms with E-state index in [2.05, 4.69) is 0 Å². The monoisotopic (exact) mass is 388 g/mol. The third kappa shape index (κ3) is 4.54. The van der Waals surface area contributed by atoms with Crippen LogP contribution in [0.4, 0.5) is 9.18 Å². The van der Waals surface area contributed by atoms with Gasteiger partial charge in [-0.05, 0) is 69.2 Å². The molecule has 1 aliphatic carbocycles. The van der Waals surface area contributed by atoms with Crippen LogP contribution in [0.25, 0.3) is 5.57 Å². The van der Waals surface area contributed by atoms with Crippen molar-refractivity contribution in [3.05, 3.63) is 40.7 Å². The average molecular weight is 388 g/mol. The van der Waals surface area contributed by atoms with Crippen molar-refractivity contribution in [2.75, 3.05) is 27.2 Å². The summed E-state index contributed by atoms with van der Waals surface area (Å²) in [6, 6.07) is 3.18. The summed E-state index contributed by atoms with van der Waals surface area (Å²) in [5.74, 6) is -0.239. The van der Waals surface area contributed by atoms with Gasteiger partial charge in [-0.25, -0.2) is 9.18 Å². The van der Waals surface area contributed by atoms with E-state index in [1.165, 1.54) is 11.0 Å². The van der Waals surface area contributed by atoms with Crippen LogP contribution >= 0.6 is 0 Å². The number of nitrogens with zero attached hydrogens (tertiary/aromatic N) is 2. The minimum Gasteiger partial charge on any atom is -0.444 e. The normalized spacial score (nSPS) is 17.2. The van der Waals surface area contributed by atoms with Gasteiger partial charge in [-0.15, -0.1) is 0 Å². The van der Waals surface area contributed by atoms with Gasteiger partial charge in [0, 0.05) is 38.3 Å². The van der Waals surface area contributed by atoms with Crippen LogP contribution in [0.15, 0.2) is 18.2 Å². The number of hydrogen-bond acceptors (Lipinski definition) is 3. The molecule has 1 heterocycles. The fraction of sp³-hybridized carbons (Fsp3) is 0.545. The third-order valence-electron chi connectivity index (χ3n) is 4.97. The minimum atomic E-state index is -0.541. The SMILES string of the molecule is CN(C)C(=O)c1cc(F)c(C2=CCN(C(=O)OC(C)(C)C)CC2)c(C2CC2)c1. The Kier molecular flexibility index (Phi) is 5.50. The van der Waals surface area contributed by atoms with Crippen LogP contribution in [0.3, 0.4) is 0 Å². The molecule has 1 aliphatic heterocycles. The highest BCUT2D eigenvalue weighted by molar-refractivity contribution is 5.95. The van der Waals surface area contributed by atoms with Crippen molar-refractivity contribution in [3.63, 3.8) is 0 Å². The third-order valence-corrected chi connectivity index (χ3v) is 4.97. The zero-order valence-electron chi connectivity index (χ0n) is 17.3. The van der Waals surface area contributed by atoms with Crippen LogP contribution in [-0.2, 0) is 4.74 Å². The quantitative estimate of drug-likeness (QED) is 0.770. The Bertz CT molecular complexity index is 820. The lowest BCUT2D eigenvalue weighted by Crippen LogP contribution is -2.39. The van der Waals surface area contributed by atoms with Gasteiger partial charge in [-0.3, -0.25) is 4.79 Å². The Morgan fingerprint density at radius 3 is 2.39 bits per heavy atom. The van der Waals surface area contributed by atoms with Crippen molar-refractivity contribution < 1.29 is 18.7 Å². The number of carbonyl (C=O) groups is 2. The summed E-state index contributed by atoms with van der Waals surface area (Å²) >= 11 is 0. The zero-order chi connectivity index (χ0) is 20.6. The number of amides is 2. The highest BCUT2D eigenvalue weighted by Crippen LogP contribution is 2.45. The van der Waals surface area contributed by atoms with E-state index in [4.69, 9.17) is 4.74 Å². The summed E-state index contributed by atoms with van der Waals surface area (Å²) in [7, 11) is 3.33. The summed E-state index contributed by atoms with van der Waals surface area (Å²) in [5, 5.41) is 0. The molecule has 0 radical (unpaired) electrons. The highest BCUT2D eigenvalue weighted by atomic mass is 19.1. The first kappa shape index (κ1) is 20.4. The number of ether oxygens (including phenoxy) is 1. The van der Waals surface area contributed by atoms with E-state index in [0.717, 1.165) is 24.0 Å². The van der Waals surface area contributed by atoms with Crippen LogP contribution in [0.5, 0.6) is 0 Å². The van der Waals surface area contributed by atoms with E-state index in [0.29, 0.717) is 36.6 Å². The van der Waals surface area contributed by atoms with Gasteiger partial charge < -0.3 is 14.5 Å². The molecule has 5 nitrogen and oxygen atoms in total. The van der Waals surface area contributed by atoms with E-state index in [1.807, 2.05) is 32.9 Å². The molecule has 1 fully saturated rings. The number of carbonyl (C=O) groups excluding carboxylic acids is 2. The highest BCUT2D eigenvalue weighted by Gasteiger charge is 2.32. The molecule has 0 spiro atoms. The molecular formula is C22H29FN2O3. The van der Waals surface area contributed by atoms with Gasteiger partial charge in [0.1, 0.15) is 11.4 Å². The van der Waals surface area contributed by atoms with Gasteiger partial charge in [0.25, 0.3) is 5.91 Å². The van der Waals surface area contributed by atoms with E-state index in [-0.39, 0.29) is 17.8 Å². The van der Waals surface area contributed by atoms with Crippen molar-refractivity contribution in [2.24, 2.45) is 0 Å². The molecule has 0 unspecified atom stereocenters. The van der Waals surface area contributed by atoms with Gasteiger partial charge in [0.15, 0.2) is 0 Å². The Morgan fingerprint density at radius 1 is 1.21 bits per heavy atom. The lowest BCUT2D eigenvalue weighted by Gasteiger charge is -2.30. The lowest BCUT2D eigenvalue weighted by molar-refractivity contribution is 0.0270. The molecule has 152 valence electrons. The van der Waals surface area contributed by atoms with Crippen LogP contribution < -0.4 is 0 Å². The number of rotatable bonds is 3. The van der Waals surface area contributed by atoms with Crippen molar-refractivity contribution in [1.29, 1.82) is 0 Å². The molecule has 1 aromatic rings. The number of hydrogen-bond donors (Lipinski definition) is 0. The first-order valence-corrected chi connectivity index (χ1v) is 9.79. The van der Waals surface area contributed by atoms with E-state index >= 15 is 4.39 Å². The summed E-state index contributed by atoms with van der Waals surface area (Å²) in [5.41, 5.74) is 2.29. The van der Waals surface area contributed by atoms with Gasteiger partial charge >= 0.3 is 6.09 Å². The molecule has 0 bridgehead atoms. The first-order valence-electron chi connectivity index (χ1n) is 9.79. The molecule has 2 amide bonds. The lowest BCUT2D eigenvalue weighted by atomic mass is 9.90. The van der Waals surface area contributed by atoms with Gasteiger partial charge in [-0.2, -0.15) is 0 Å². The van der Waals surface area contributed by atoms with E-state index in [9.17, 15) is 9.59 Å². The maximum atomic E-state index is 15.1. The maximum Gasteiger partial charge on any atom is 0.410 e. The predicted molar refractivity (Wildman–Crippen MR) is 107 cm³/mol. The molecule has 6 heteroatoms. The van der Waals surface area contributed by atoms with E-state index in [1.54, 1.807) is 19.0 Å². The Morgan fingerprint density at radius 2 is 1.89 bits per heavy atom. The topological polar surface area (TPSA) is 49.9 Å². The summed E-state index contributed by atoms with van der Waals surface area (Å²) in [4.78, 5) is 27.6. The summed E-state index contributed by atoms with van der Waals surface area (Å²) < 4.78 is 20.5. The Labute approximate surface area is 166 Å². The van der Waals surface area contributed by atoms with Crippen molar-refractivity contribution in [2.45, 2.75) is 51.6 Å². The number of halogens is 1. The summed E-state index contributed by atoms with van der Waals surface area (Å²) in [6.45, 7) is 6.40. The van der Waals surface area contributed by atoms with Crippen LogP contribution in [-0.4, -0.2) is 54.6 Å².